The number of nitrogens with zero attached hydrogens (tertiary/aromatic N) is 3. The molecule has 0 aliphatic heterocycles. The topological polar surface area (TPSA) is 73.7 Å². The molecular weight excluding hydrogens is 498 g/mol. The van der Waals surface area contributed by atoms with E-state index in [1.807, 2.05) is 36.9 Å². The number of methoxy groups -OCH3 is 2. The van der Waals surface area contributed by atoms with Crippen LogP contribution < -0.4 is 15.0 Å². The first kappa shape index (κ1) is 25.7. The molecule has 0 aliphatic carbocycles. The molecule has 7 nitrogen and oxygen atoms in total. The van der Waals surface area contributed by atoms with Crippen LogP contribution in [0.1, 0.15) is 58.3 Å². The van der Waals surface area contributed by atoms with Crippen LogP contribution in [0.4, 0.5) is 0 Å². The third kappa shape index (κ3) is 5.12. The largest absolute Gasteiger partial charge is 0.497 e. The molecule has 1 atom stereocenters. The molecule has 3 aromatic rings. The van der Waals surface area contributed by atoms with Gasteiger partial charge < -0.3 is 14.4 Å². The highest BCUT2D eigenvalue weighted by Gasteiger charge is 2.27. The van der Waals surface area contributed by atoms with Gasteiger partial charge in [0.1, 0.15) is 17.3 Å². The first-order chi connectivity index (χ1) is 16.4. The first-order valence-corrected chi connectivity index (χ1v) is 12.4. The number of para-hydroxylation sites is 1. The smallest absolute Gasteiger partial charge is 0.266 e. The van der Waals surface area contributed by atoms with Gasteiger partial charge >= 0.3 is 0 Å². The fourth-order valence-electron chi connectivity index (χ4n) is 4.06. The number of hydrogen-bond acceptors (Lipinski definition) is 5. The fourth-order valence-corrected chi connectivity index (χ4v) is 4.63. The van der Waals surface area contributed by atoms with Gasteiger partial charge in [0.25, 0.3) is 5.56 Å². The summed E-state index contributed by atoms with van der Waals surface area (Å²) in [5.41, 5.74) is 0.911. The maximum atomic E-state index is 13.8. The number of hydrogen-bond donors (Lipinski definition) is 0. The lowest BCUT2D eigenvalue weighted by atomic mass is 10.1. The van der Waals surface area contributed by atoms with Crippen molar-refractivity contribution in [2.24, 2.45) is 0 Å². The highest BCUT2D eigenvalue weighted by Crippen LogP contribution is 2.37. The van der Waals surface area contributed by atoms with E-state index in [-0.39, 0.29) is 11.5 Å². The average Bonchev–Trinajstić information content (AvgIpc) is 2.86. The Balaban J connectivity index is 2.32. The lowest BCUT2D eigenvalue weighted by Crippen LogP contribution is -2.37. The van der Waals surface area contributed by atoms with Gasteiger partial charge in [0.05, 0.1) is 41.3 Å². The molecular formula is C26H32BrN3O4. The number of halogens is 1. The number of benzene rings is 2. The van der Waals surface area contributed by atoms with Crippen LogP contribution in [0.15, 0.2) is 45.7 Å². The molecule has 182 valence electrons. The van der Waals surface area contributed by atoms with E-state index in [4.69, 9.17) is 14.5 Å². The van der Waals surface area contributed by atoms with Crippen LogP contribution in [0.2, 0.25) is 0 Å². The highest BCUT2D eigenvalue weighted by atomic mass is 79.9. The molecule has 3 rings (SSSR count). The standard InChI is InChI=1S/C26H32BrN3O4/c1-6-8-11-14-29(23(31)7-2)17(3)25-28-20-13-10-9-12-19(20)26(32)30(25)21-15-18(33-4)16-22(34-5)24(21)27/h9-10,12-13,15-17H,6-8,11,14H2,1-5H3. The zero-order valence-electron chi connectivity index (χ0n) is 20.4. The van der Waals surface area contributed by atoms with Crippen LogP contribution in [0.3, 0.4) is 0 Å². The van der Waals surface area contributed by atoms with Crippen LogP contribution in [0, 0.1) is 0 Å². The second-order valence-electron chi connectivity index (χ2n) is 8.11. The predicted molar refractivity (Wildman–Crippen MR) is 138 cm³/mol. The van der Waals surface area contributed by atoms with Crippen molar-refractivity contribution < 1.29 is 14.3 Å². The third-order valence-electron chi connectivity index (χ3n) is 5.96. The van der Waals surface area contributed by atoms with Crippen LogP contribution in [0.5, 0.6) is 11.5 Å². The van der Waals surface area contributed by atoms with E-state index in [2.05, 4.69) is 22.9 Å². The molecule has 34 heavy (non-hydrogen) atoms. The molecule has 0 aliphatic rings. The second kappa shape index (κ2) is 11.5. The summed E-state index contributed by atoms with van der Waals surface area (Å²) in [6.45, 7) is 6.52. The zero-order chi connectivity index (χ0) is 24.8. The van der Waals surface area contributed by atoms with E-state index in [1.165, 1.54) is 0 Å². The van der Waals surface area contributed by atoms with Crippen LogP contribution in [-0.4, -0.2) is 41.1 Å². The number of ether oxygens (including phenoxy) is 2. The van der Waals surface area contributed by atoms with Crippen molar-refractivity contribution in [2.45, 2.75) is 52.5 Å². The molecule has 1 aromatic heterocycles. The Morgan fingerprint density at radius 3 is 2.53 bits per heavy atom. The van der Waals surface area contributed by atoms with E-state index >= 15 is 0 Å². The van der Waals surface area contributed by atoms with E-state index in [0.717, 1.165) is 19.3 Å². The molecule has 0 N–H and O–H groups in total. The van der Waals surface area contributed by atoms with Crippen molar-refractivity contribution in [3.05, 3.63) is 57.0 Å². The van der Waals surface area contributed by atoms with Gasteiger partial charge in [-0.2, -0.15) is 0 Å². The molecule has 0 radical (unpaired) electrons. The van der Waals surface area contributed by atoms with Gasteiger partial charge in [-0.15, -0.1) is 0 Å². The molecule has 0 fully saturated rings. The summed E-state index contributed by atoms with van der Waals surface area (Å²) in [6, 6.07) is 10.3. The van der Waals surface area contributed by atoms with Crippen molar-refractivity contribution in [2.75, 3.05) is 20.8 Å². The first-order valence-electron chi connectivity index (χ1n) is 11.6. The molecule has 0 saturated heterocycles. The van der Waals surface area contributed by atoms with Gasteiger partial charge in [0.15, 0.2) is 0 Å². The van der Waals surface area contributed by atoms with Crippen LogP contribution >= 0.6 is 15.9 Å². The van der Waals surface area contributed by atoms with E-state index in [0.29, 0.717) is 51.4 Å². The Morgan fingerprint density at radius 2 is 1.88 bits per heavy atom. The summed E-state index contributed by atoms with van der Waals surface area (Å²) < 4.78 is 13.2. The van der Waals surface area contributed by atoms with E-state index in [9.17, 15) is 9.59 Å². The van der Waals surface area contributed by atoms with Crippen molar-refractivity contribution >= 4 is 32.7 Å². The SMILES string of the molecule is CCCCCN(C(=O)CC)C(C)c1nc2ccccc2c(=O)n1-c1cc(OC)cc(OC)c1Br. The predicted octanol–water partition coefficient (Wildman–Crippen LogP) is 5.66. The number of rotatable bonds is 10. The summed E-state index contributed by atoms with van der Waals surface area (Å²) in [7, 11) is 3.12. The van der Waals surface area contributed by atoms with Gasteiger partial charge in [0.2, 0.25) is 5.91 Å². The number of aromatic nitrogens is 2. The normalized spacial score (nSPS) is 11.9. The summed E-state index contributed by atoms with van der Waals surface area (Å²) in [6.07, 6.45) is 3.35. The second-order valence-corrected chi connectivity index (χ2v) is 8.91. The fraction of sp³-hybridized carbons (Fsp3) is 0.423. The summed E-state index contributed by atoms with van der Waals surface area (Å²) in [4.78, 5) is 33.5. The van der Waals surface area contributed by atoms with Crippen molar-refractivity contribution in [3.8, 4) is 17.2 Å². The maximum absolute atomic E-state index is 13.8. The summed E-state index contributed by atoms with van der Waals surface area (Å²) in [5.74, 6) is 1.58. The molecule has 1 heterocycles. The van der Waals surface area contributed by atoms with E-state index in [1.54, 1.807) is 37.0 Å². The van der Waals surface area contributed by atoms with E-state index < -0.39 is 6.04 Å². The van der Waals surface area contributed by atoms with Crippen LogP contribution in [-0.2, 0) is 4.79 Å². The van der Waals surface area contributed by atoms with Gasteiger partial charge in [-0.05, 0) is 41.4 Å². The minimum absolute atomic E-state index is 0.0276. The molecule has 0 spiro atoms. The number of carbonyl (C=O) groups is 1. The number of amides is 1. The number of carbonyl (C=O) groups excluding carboxylic acids is 1. The Labute approximate surface area is 208 Å². The van der Waals surface area contributed by atoms with Crippen LogP contribution in [0.25, 0.3) is 16.6 Å². The zero-order valence-corrected chi connectivity index (χ0v) is 22.0. The van der Waals surface area contributed by atoms with Crippen molar-refractivity contribution in [1.82, 2.24) is 14.5 Å². The number of fused-ring (bicyclic) bond motifs is 1. The third-order valence-corrected chi connectivity index (χ3v) is 6.76. The lowest BCUT2D eigenvalue weighted by molar-refractivity contribution is -0.133. The summed E-state index contributed by atoms with van der Waals surface area (Å²) in [5, 5.41) is 0.492. The lowest BCUT2D eigenvalue weighted by Gasteiger charge is -2.31. The molecule has 2 aromatic carbocycles. The maximum Gasteiger partial charge on any atom is 0.266 e. The quantitative estimate of drug-likeness (QED) is 0.317. The Kier molecular flexibility index (Phi) is 8.72. The minimum Gasteiger partial charge on any atom is -0.497 e. The Morgan fingerprint density at radius 1 is 1.15 bits per heavy atom. The number of unbranched alkanes of at least 4 members (excludes halogenated alkanes) is 2. The Hall–Kier alpha value is -2.87. The van der Waals surface area contributed by atoms with Gasteiger partial charge in [0, 0.05) is 25.1 Å². The summed E-state index contributed by atoms with van der Waals surface area (Å²) >= 11 is 3.61. The molecule has 0 saturated carbocycles. The van der Waals surface area contributed by atoms with Crippen molar-refractivity contribution in [3.63, 3.8) is 0 Å². The van der Waals surface area contributed by atoms with Gasteiger partial charge in [-0.1, -0.05) is 38.8 Å². The molecule has 1 unspecified atom stereocenters. The van der Waals surface area contributed by atoms with Gasteiger partial charge in [-0.25, -0.2) is 4.98 Å². The van der Waals surface area contributed by atoms with Gasteiger partial charge in [-0.3, -0.25) is 14.2 Å². The minimum atomic E-state index is -0.425. The monoisotopic (exact) mass is 529 g/mol. The average molecular weight is 530 g/mol. The molecule has 1 amide bonds. The Bertz CT molecular complexity index is 1220. The van der Waals surface area contributed by atoms with Crippen molar-refractivity contribution in [1.29, 1.82) is 0 Å². The highest BCUT2D eigenvalue weighted by molar-refractivity contribution is 9.10. The molecule has 8 heteroatoms. The molecule has 0 bridgehead atoms.